The van der Waals surface area contributed by atoms with Crippen LogP contribution in [0.5, 0.6) is 5.75 Å². The quantitative estimate of drug-likeness (QED) is 0.536. The molecule has 5 heterocycles. The fraction of sp³-hybridized carbons (Fsp3) is 0.320. The van der Waals surface area contributed by atoms with E-state index in [1.807, 2.05) is 25.2 Å². The van der Waals surface area contributed by atoms with Gasteiger partial charge in [-0.05, 0) is 42.7 Å². The van der Waals surface area contributed by atoms with E-state index in [0.717, 1.165) is 36.3 Å². The van der Waals surface area contributed by atoms with Gasteiger partial charge in [0.15, 0.2) is 11.6 Å². The van der Waals surface area contributed by atoms with E-state index in [-0.39, 0.29) is 11.8 Å². The fourth-order valence-corrected chi connectivity index (χ4v) is 4.43. The van der Waals surface area contributed by atoms with Gasteiger partial charge in [-0.2, -0.15) is 0 Å². The number of urea groups is 1. The molecule has 11 nitrogen and oxygen atoms in total. The van der Waals surface area contributed by atoms with E-state index in [2.05, 4.69) is 15.6 Å². The highest BCUT2D eigenvalue weighted by atomic mass is 16.5. The summed E-state index contributed by atoms with van der Waals surface area (Å²) in [6.07, 6.45) is 2.29. The lowest BCUT2D eigenvalue weighted by atomic mass is 9.99. The minimum Gasteiger partial charge on any atom is -0.497 e. The zero-order valence-corrected chi connectivity index (χ0v) is 19.9. The summed E-state index contributed by atoms with van der Waals surface area (Å²) in [6, 6.07) is 9.32. The standard InChI is InChI=1S/C14H12N4O4.C11H13NO2/c19-11-2-1-5-18(11)10-4-3-8-7(15-10)6-9(22-8)12-13(20)17-14(21)16-12;1-12-6-5-8-3-4-9(14-2)7-10(8)11(12)13/h3-4,6,12H,1-2,5H2,(H2,16,17,20,21);3-4,7H,5-6H2,1-2H3. The van der Waals surface area contributed by atoms with Gasteiger partial charge in [0.2, 0.25) is 5.91 Å². The lowest BCUT2D eigenvalue weighted by Gasteiger charge is -2.24. The molecule has 11 heteroatoms. The number of nitrogens with zero attached hydrogens (tertiary/aromatic N) is 3. The maximum atomic E-state index is 11.8. The van der Waals surface area contributed by atoms with E-state index < -0.39 is 18.0 Å². The fourth-order valence-electron chi connectivity index (χ4n) is 4.43. The first-order chi connectivity index (χ1) is 17.3. The number of carbonyl (C=O) groups excluding carboxylic acids is 4. The van der Waals surface area contributed by atoms with Crippen LogP contribution >= 0.6 is 0 Å². The molecule has 5 amide bonds. The lowest BCUT2D eigenvalue weighted by molar-refractivity contribution is -0.120. The molecule has 3 aromatic rings. The third kappa shape index (κ3) is 4.35. The van der Waals surface area contributed by atoms with Crippen LogP contribution < -0.4 is 20.3 Å². The van der Waals surface area contributed by atoms with Crippen molar-refractivity contribution in [1.29, 1.82) is 0 Å². The molecule has 2 fully saturated rings. The van der Waals surface area contributed by atoms with E-state index in [1.165, 1.54) is 0 Å². The Bertz CT molecular complexity index is 1380. The highest BCUT2D eigenvalue weighted by Crippen LogP contribution is 2.28. The molecule has 2 N–H and O–H groups in total. The van der Waals surface area contributed by atoms with Crippen LogP contribution in [0.1, 0.15) is 40.6 Å². The number of hydrogen-bond acceptors (Lipinski definition) is 7. The van der Waals surface area contributed by atoms with Gasteiger partial charge in [-0.3, -0.25) is 24.6 Å². The topological polar surface area (TPSA) is 134 Å². The van der Waals surface area contributed by atoms with Gasteiger partial charge in [-0.15, -0.1) is 0 Å². The Hall–Kier alpha value is -4.41. The van der Waals surface area contributed by atoms with Crippen molar-refractivity contribution in [2.24, 2.45) is 0 Å². The molecule has 2 saturated heterocycles. The number of furan rings is 1. The minimum absolute atomic E-state index is 0.0537. The van der Waals surface area contributed by atoms with E-state index >= 15 is 0 Å². The number of pyridine rings is 1. The van der Waals surface area contributed by atoms with Gasteiger partial charge in [0.05, 0.1) is 7.11 Å². The molecular weight excluding hydrogens is 466 g/mol. The van der Waals surface area contributed by atoms with Crippen molar-refractivity contribution in [2.75, 3.05) is 32.1 Å². The molecule has 0 aliphatic carbocycles. The predicted octanol–water partition coefficient (Wildman–Crippen LogP) is 2.16. The summed E-state index contributed by atoms with van der Waals surface area (Å²) in [7, 11) is 3.43. The monoisotopic (exact) mass is 491 g/mol. The Labute approximate surface area is 206 Å². The number of rotatable bonds is 3. The summed E-state index contributed by atoms with van der Waals surface area (Å²) in [4.78, 5) is 54.1. The molecule has 1 aromatic carbocycles. The molecule has 1 atom stereocenters. The molecule has 3 aliphatic rings. The molecule has 2 aromatic heterocycles. The summed E-state index contributed by atoms with van der Waals surface area (Å²) in [5, 5.41) is 4.62. The number of likely N-dealkylation sites (N-methyl/N-ethyl adjacent to an activating group) is 1. The first-order valence-corrected chi connectivity index (χ1v) is 11.6. The van der Waals surface area contributed by atoms with Crippen LogP contribution in [0.15, 0.2) is 40.8 Å². The third-order valence-electron chi connectivity index (χ3n) is 6.40. The number of fused-ring (bicyclic) bond motifs is 2. The number of benzene rings is 1. The highest BCUT2D eigenvalue weighted by Gasteiger charge is 2.34. The number of imide groups is 1. The van der Waals surface area contributed by atoms with Crippen molar-refractivity contribution in [2.45, 2.75) is 25.3 Å². The van der Waals surface area contributed by atoms with Crippen molar-refractivity contribution in [3.05, 3.63) is 53.3 Å². The normalized spacial score (nSPS) is 19.1. The van der Waals surface area contributed by atoms with Crippen molar-refractivity contribution < 1.29 is 28.3 Å². The summed E-state index contributed by atoms with van der Waals surface area (Å²) in [5.74, 6) is 1.31. The van der Waals surface area contributed by atoms with Gasteiger partial charge >= 0.3 is 6.03 Å². The van der Waals surface area contributed by atoms with Crippen LogP contribution in [0.25, 0.3) is 11.1 Å². The van der Waals surface area contributed by atoms with Gasteiger partial charge in [-0.1, -0.05) is 6.07 Å². The molecule has 1 unspecified atom stereocenters. The van der Waals surface area contributed by atoms with Gasteiger partial charge in [-0.25, -0.2) is 9.78 Å². The van der Waals surface area contributed by atoms with Crippen molar-refractivity contribution >= 4 is 40.7 Å². The van der Waals surface area contributed by atoms with Crippen molar-refractivity contribution in [1.82, 2.24) is 20.5 Å². The van der Waals surface area contributed by atoms with Crippen LogP contribution in [0, 0.1) is 0 Å². The largest absolute Gasteiger partial charge is 0.497 e. The number of anilines is 1. The SMILES string of the molecule is COc1ccc2c(c1)C(=O)N(C)CC2.O=C1NC(=O)C(c2cc3nc(N4CCCC4=O)ccc3o2)N1. The Kier molecular flexibility index (Phi) is 6.05. The van der Waals surface area contributed by atoms with E-state index in [1.54, 1.807) is 35.1 Å². The molecule has 0 saturated carbocycles. The van der Waals surface area contributed by atoms with Crippen molar-refractivity contribution in [3.63, 3.8) is 0 Å². The van der Waals surface area contributed by atoms with E-state index in [9.17, 15) is 19.2 Å². The Morgan fingerprint density at radius 2 is 1.89 bits per heavy atom. The highest BCUT2D eigenvalue weighted by molar-refractivity contribution is 6.04. The number of carbonyl (C=O) groups is 4. The molecule has 0 bridgehead atoms. The van der Waals surface area contributed by atoms with Crippen molar-refractivity contribution in [3.8, 4) is 5.75 Å². The predicted molar refractivity (Wildman–Crippen MR) is 129 cm³/mol. The van der Waals surface area contributed by atoms with Gasteiger partial charge < -0.3 is 19.4 Å². The second-order valence-electron chi connectivity index (χ2n) is 8.75. The maximum absolute atomic E-state index is 11.8. The molecule has 6 rings (SSSR count). The first kappa shape index (κ1) is 23.3. The zero-order valence-electron chi connectivity index (χ0n) is 19.9. The Balaban J connectivity index is 0.000000165. The summed E-state index contributed by atoms with van der Waals surface area (Å²) in [6.45, 7) is 1.46. The molecule has 186 valence electrons. The molecule has 0 radical (unpaired) electrons. The maximum Gasteiger partial charge on any atom is 0.322 e. The number of amides is 5. The average Bonchev–Trinajstić information content (AvgIpc) is 3.58. The Morgan fingerprint density at radius 1 is 1.06 bits per heavy atom. The number of hydrogen-bond donors (Lipinski definition) is 2. The first-order valence-electron chi connectivity index (χ1n) is 11.6. The number of ether oxygens (including phenoxy) is 1. The Morgan fingerprint density at radius 3 is 2.58 bits per heavy atom. The summed E-state index contributed by atoms with van der Waals surface area (Å²) >= 11 is 0. The molecular formula is C25H25N5O6. The van der Waals surface area contributed by atoms with E-state index in [4.69, 9.17) is 9.15 Å². The smallest absolute Gasteiger partial charge is 0.322 e. The average molecular weight is 492 g/mol. The molecule has 36 heavy (non-hydrogen) atoms. The van der Waals surface area contributed by atoms with Gasteiger partial charge in [0, 0.05) is 38.2 Å². The summed E-state index contributed by atoms with van der Waals surface area (Å²) < 4.78 is 10.7. The van der Waals surface area contributed by atoms with Crippen LogP contribution in [-0.4, -0.2) is 60.9 Å². The van der Waals surface area contributed by atoms with Crippen LogP contribution in [-0.2, 0) is 16.0 Å². The number of methoxy groups -OCH3 is 1. The van der Waals surface area contributed by atoms with E-state index in [0.29, 0.717) is 35.6 Å². The van der Waals surface area contributed by atoms with Gasteiger partial charge in [0.1, 0.15) is 22.8 Å². The summed E-state index contributed by atoms with van der Waals surface area (Å²) in [5.41, 5.74) is 2.94. The second kappa shape index (κ2) is 9.33. The molecule has 0 spiro atoms. The number of aromatic nitrogens is 1. The second-order valence-corrected chi connectivity index (χ2v) is 8.75. The van der Waals surface area contributed by atoms with Gasteiger partial charge in [0.25, 0.3) is 11.8 Å². The van der Waals surface area contributed by atoms with Crippen LogP contribution in [0.4, 0.5) is 10.6 Å². The van der Waals surface area contributed by atoms with Crippen LogP contribution in [0.3, 0.4) is 0 Å². The minimum atomic E-state index is -0.849. The van der Waals surface area contributed by atoms with Crippen LogP contribution in [0.2, 0.25) is 0 Å². The zero-order chi connectivity index (χ0) is 25.4. The molecule has 3 aliphatic heterocycles. The lowest BCUT2D eigenvalue weighted by Crippen LogP contribution is -2.34. The third-order valence-corrected chi connectivity index (χ3v) is 6.40. The number of nitrogens with one attached hydrogen (secondary N) is 2.